The summed E-state index contributed by atoms with van der Waals surface area (Å²) in [6.45, 7) is 2.00. The molecule has 0 aromatic carbocycles. The molecule has 1 aromatic heterocycles. The summed E-state index contributed by atoms with van der Waals surface area (Å²) in [5.74, 6) is -0.750. The molecule has 1 rings (SSSR count). The minimum atomic E-state index is -0.750. The number of nitrogens with zero attached hydrogens (tertiary/aromatic N) is 2. The molecule has 0 amide bonds. The molecule has 76 valence electrons. The second-order valence-corrected chi connectivity index (χ2v) is 4.37. The van der Waals surface area contributed by atoms with Crippen LogP contribution in [0.25, 0.3) is 0 Å². The first-order chi connectivity index (χ1) is 6.68. The highest BCUT2D eigenvalue weighted by Gasteiger charge is 2.07. The molecule has 0 radical (unpaired) electrons. The van der Waals surface area contributed by atoms with Gasteiger partial charge in [-0.15, -0.1) is 11.8 Å². The van der Waals surface area contributed by atoms with Crippen molar-refractivity contribution in [1.29, 1.82) is 0 Å². The first kappa shape index (κ1) is 11.0. The van der Waals surface area contributed by atoms with Gasteiger partial charge in [-0.3, -0.25) is 4.79 Å². The average Bonchev–Trinajstić information content (AvgIpc) is 2.16. The lowest BCUT2D eigenvalue weighted by Crippen LogP contribution is -2.02. The number of carbonyl (C=O) groups is 1. The second kappa shape index (κ2) is 5.59. The third-order valence-corrected chi connectivity index (χ3v) is 2.76. The van der Waals surface area contributed by atoms with E-state index in [9.17, 15) is 4.79 Å². The Balaban J connectivity index is 2.34. The molecule has 1 unspecified atom stereocenters. The van der Waals surface area contributed by atoms with Gasteiger partial charge in [0.15, 0.2) is 0 Å². The van der Waals surface area contributed by atoms with E-state index in [1.54, 1.807) is 18.0 Å². The van der Waals surface area contributed by atoms with E-state index in [4.69, 9.17) is 5.11 Å². The van der Waals surface area contributed by atoms with Gasteiger partial charge in [-0.25, -0.2) is 9.97 Å². The fourth-order valence-electron chi connectivity index (χ4n) is 0.940. The molecular formula is C9H12N2O2S. The molecule has 0 saturated carbocycles. The normalized spacial score (nSPS) is 12.4. The molecule has 0 fully saturated rings. The van der Waals surface area contributed by atoms with Crippen molar-refractivity contribution in [3.63, 3.8) is 0 Å². The molecular weight excluding hydrogens is 200 g/mol. The van der Waals surface area contributed by atoms with Gasteiger partial charge in [0, 0.05) is 17.9 Å². The van der Waals surface area contributed by atoms with Crippen molar-refractivity contribution >= 4 is 17.7 Å². The monoisotopic (exact) mass is 212 g/mol. The van der Waals surface area contributed by atoms with Crippen LogP contribution in [-0.2, 0) is 4.79 Å². The zero-order valence-corrected chi connectivity index (χ0v) is 8.70. The Labute approximate surface area is 86.8 Å². The van der Waals surface area contributed by atoms with Crippen molar-refractivity contribution in [1.82, 2.24) is 9.97 Å². The van der Waals surface area contributed by atoms with E-state index < -0.39 is 5.97 Å². The van der Waals surface area contributed by atoms with Crippen LogP contribution in [0.2, 0.25) is 0 Å². The van der Waals surface area contributed by atoms with E-state index in [-0.39, 0.29) is 11.7 Å². The summed E-state index contributed by atoms with van der Waals surface area (Å²) >= 11 is 1.57. The molecule has 0 bridgehead atoms. The molecule has 5 heteroatoms. The molecule has 1 N–H and O–H groups in total. The Morgan fingerprint density at radius 1 is 1.71 bits per heavy atom. The minimum Gasteiger partial charge on any atom is -0.481 e. The molecule has 14 heavy (non-hydrogen) atoms. The number of carboxylic acid groups (broad SMARTS) is 1. The van der Waals surface area contributed by atoms with Gasteiger partial charge >= 0.3 is 5.97 Å². The zero-order valence-electron chi connectivity index (χ0n) is 7.88. The summed E-state index contributed by atoms with van der Waals surface area (Å²) < 4.78 is 0. The molecule has 0 aliphatic heterocycles. The summed E-state index contributed by atoms with van der Waals surface area (Å²) in [5.41, 5.74) is 0. The topological polar surface area (TPSA) is 63.1 Å². The van der Waals surface area contributed by atoms with Crippen molar-refractivity contribution in [2.24, 2.45) is 0 Å². The van der Waals surface area contributed by atoms with Crippen LogP contribution in [0.3, 0.4) is 0 Å². The smallest absolute Gasteiger partial charge is 0.303 e. The molecule has 1 aromatic rings. The lowest BCUT2D eigenvalue weighted by Gasteiger charge is -2.07. The second-order valence-electron chi connectivity index (χ2n) is 2.91. The van der Waals surface area contributed by atoms with Crippen molar-refractivity contribution in [3.8, 4) is 0 Å². The third kappa shape index (κ3) is 4.23. The lowest BCUT2D eigenvalue weighted by atomic mass is 10.2. The van der Waals surface area contributed by atoms with E-state index in [0.29, 0.717) is 6.42 Å². The average molecular weight is 212 g/mol. The summed E-state index contributed by atoms with van der Waals surface area (Å²) in [6, 6.07) is 1.82. The van der Waals surface area contributed by atoms with Crippen molar-refractivity contribution in [3.05, 3.63) is 18.6 Å². The summed E-state index contributed by atoms with van der Waals surface area (Å²) in [7, 11) is 0. The fourth-order valence-corrected chi connectivity index (χ4v) is 1.84. The van der Waals surface area contributed by atoms with Gasteiger partial charge in [-0.05, 0) is 12.5 Å². The van der Waals surface area contributed by atoms with E-state index in [1.807, 2.05) is 13.0 Å². The van der Waals surface area contributed by atoms with Gasteiger partial charge in [0.05, 0.1) is 5.03 Å². The highest BCUT2D eigenvalue weighted by molar-refractivity contribution is 7.99. The Morgan fingerprint density at radius 3 is 3.07 bits per heavy atom. The summed E-state index contributed by atoms with van der Waals surface area (Å²) in [4.78, 5) is 18.2. The van der Waals surface area contributed by atoms with E-state index in [2.05, 4.69) is 9.97 Å². The number of aliphatic carboxylic acids is 1. The van der Waals surface area contributed by atoms with Crippen LogP contribution >= 0.6 is 11.8 Å². The summed E-state index contributed by atoms with van der Waals surface area (Å²) in [6.07, 6.45) is 4.04. The van der Waals surface area contributed by atoms with Crippen LogP contribution in [0, 0.1) is 0 Å². The molecule has 1 heterocycles. The highest BCUT2D eigenvalue weighted by atomic mass is 32.2. The Hall–Kier alpha value is -1.10. The SMILES string of the molecule is CC(CCC(=O)O)Sc1ccncn1. The molecule has 1 atom stereocenters. The van der Waals surface area contributed by atoms with Gasteiger partial charge in [0.1, 0.15) is 6.33 Å². The van der Waals surface area contributed by atoms with Crippen molar-refractivity contribution in [2.75, 3.05) is 0 Å². The maximum absolute atomic E-state index is 10.3. The van der Waals surface area contributed by atoms with Crippen molar-refractivity contribution in [2.45, 2.75) is 30.0 Å². The first-order valence-corrected chi connectivity index (χ1v) is 5.21. The maximum Gasteiger partial charge on any atom is 0.303 e. The standard InChI is InChI=1S/C9H12N2O2S/c1-7(2-3-9(12)13)14-8-4-5-10-6-11-8/h4-7H,2-3H2,1H3,(H,12,13). The highest BCUT2D eigenvalue weighted by Crippen LogP contribution is 2.23. The molecule has 0 aliphatic rings. The number of hydrogen-bond acceptors (Lipinski definition) is 4. The Morgan fingerprint density at radius 2 is 2.50 bits per heavy atom. The lowest BCUT2D eigenvalue weighted by molar-refractivity contribution is -0.137. The number of thioether (sulfide) groups is 1. The molecule has 0 aliphatic carbocycles. The molecule has 0 spiro atoms. The minimum absolute atomic E-state index is 0.208. The third-order valence-electron chi connectivity index (χ3n) is 1.64. The van der Waals surface area contributed by atoms with Gasteiger partial charge in [-0.1, -0.05) is 6.92 Å². The first-order valence-electron chi connectivity index (χ1n) is 4.33. The van der Waals surface area contributed by atoms with Gasteiger partial charge in [0.25, 0.3) is 0 Å². The zero-order chi connectivity index (χ0) is 10.4. The van der Waals surface area contributed by atoms with Crippen LogP contribution in [0.15, 0.2) is 23.6 Å². The van der Waals surface area contributed by atoms with Crippen LogP contribution < -0.4 is 0 Å². The van der Waals surface area contributed by atoms with Gasteiger partial charge in [-0.2, -0.15) is 0 Å². The Bertz CT molecular complexity index is 292. The van der Waals surface area contributed by atoms with E-state index >= 15 is 0 Å². The number of aromatic nitrogens is 2. The summed E-state index contributed by atoms with van der Waals surface area (Å²) in [5, 5.41) is 9.65. The Kier molecular flexibility index (Phi) is 4.39. The largest absolute Gasteiger partial charge is 0.481 e. The quantitative estimate of drug-likeness (QED) is 0.596. The van der Waals surface area contributed by atoms with Gasteiger partial charge < -0.3 is 5.11 Å². The van der Waals surface area contributed by atoms with Crippen LogP contribution in [0.5, 0.6) is 0 Å². The predicted octanol–water partition coefficient (Wildman–Crippen LogP) is 1.82. The van der Waals surface area contributed by atoms with Crippen molar-refractivity contribution < 1.29 is 9.90 Å². The number of hydrogen-bond donors (Lipinski definition) is 1. The number of rotatable bonds is 5. The van der Waals surface area contributed by atoms with E-state index in [1.165, 1.54) is 6.33 Å². The molecule has 4 nitrogen and oxygen atoms in total. The number of carboxylic acids is 1. The maximum atomic E-state index is 10.3. The predicted molar refractivity (Wildman–Crippen MR) is 54.2 cm³/mol. The van der Waals surface area contributed by atoms with Gasteiger partial charge in [0.2, 0.25) is 0 Å². The van der Waals surface area contributed by atoms with Crippen LogP contribution in [-0.4, -0.2) is 26.3 Å². The molecule has 0 saturated heterocycles. The fraction of sp³-hybridized carbons (Fsp3) is 0.444. The van der Waals surface area contributed by atoms with Crippen LogP contribution in [0.1, 0.15) is 19.8 Å². The van der Waals surface area contributed by atoms with E-state index in [0.717, 1.165) is 5.03 Å². The van der Waals surface area contributed by atoms with Crippen LogP contribution in [0.4, 0.5) is 0 Å².